The molecule has 1 saturated carbocycles. The number of ketones is 1. The van der Waals surface area contributed by atoms with Crippen LogP contribution in [0, 0.1) is 5.92 Å². The molecule has 0 amide bonds. The van der Waals surface area contributed by atoms with E-state index in [0.29, 0.717) is 12.3 Å². The van der Waals surface area contributed by atoms with Crippen molar-refractivity contribution in [1.29, 1.82) is 0 Å². The van der Waals surface area contributed by atoms with E-state index in [-0.39, 0.29) is 11.9 Å². The quantitative estimate of drug-likeness (QED) is 0.591. The minimum absolute atomic E-state index is 0.196. The summed E-state index contributed by atoms with van der Waals surface area (Å²) in [6.07, 6.45) is 6.11. The lowest BCUT2D eigenvalue weighted by Gasteiger charge is -2.31. The van der Waals surface area contributed by atoms with E-state index in [0.717, 1.165) is 31.3 Å². The first-order valence-corrected chi connectivity index (χ1v) is 4.70. The first kappa shape index (κ1) is 7.99. The first-order chi connectivity index (χ1) is 5.77. The summed E-state index contributed by atoms with van der Waals surface area (Å²) in [5, 5.41) is 9.60. The third-order valence-corrected chi connectivity index (χ3v) is 2.95. The van der Waals surface area contributed by atoms with Crippen LogP contribution in [0.2, 0.25) is 0 Å². The van der Waals surface area contributed by atoms with Gasteiger partial charge >= 0.3 is 0 Å². The minimum atomic E-state index is -0.326. The third kappa shape index (κ3) is 1.31. The zero-order valence-electron chi connectivity index (χ0n) is 7.12. The molecule has 66 valence electrons. The molecule has 2 aliphatic carbocycles. The van der Waals surface area contributed by atoms with Crippen LogP contribution in [0.1, 0.15) is 32.1 Å². The molecule has 1 N–H and O–H groups in total. The lowest BCUT2D eigenvalue weighted by Crippen LogP contribution is -2.27. The third-order valence-electron chi connectivity index (χ3n) is 2.95. The molecule has 2 rings (SSSR count). The van der Waals surface area contributed by atoms with E-state index in [9.17, 15) is 9.90 Å². The molecule has 0 aliphatic heterocycles. The van der Waals surface area contributed by atoms with Crippen molar-refractivity contribution in [2.24, 2.45) is 5.92 Å². The van der Waals surface area contributed by atoms with Crippen LogP contribution in [0.15, 0.2) is 11.6 Å². The van der Waals surface area contributed by atoms with E-state index in [2.05, 4.69) is 0 Å². The largest absolute Gasteiger partial charge is 0.389 e. The number of aliphatic hydroxyl groups excluding tert-OH is 1. The Morgan fingerprint density at radius 2 is 2.17 bits per heavy atom. The second-order valence-electron chi connectivity index (χ2n) is 3.79. The predicted molar refractivity (Wildman–Crippen MR) is 45.7 cm³/mol. The maximum atomic E-state index is 11.1. The van der Waals surface area contributed by atoms with E-state index < -0.39 is 0 Å². The van der Waals surface area contributed by atoms with Crippen LogP contribution in [0.3, 0.4) is 0 Å². The minimum Gasteiger partial charge on any atom is -0.389 e. The number of carbonyl (C=O) groups excluding carboxylic acids is 1. The highest BCUT2D eigenvalue weighted by Crippen LogP contribution is 2.35. The molecule has 0 aromatic carbocycles. The lowest BCUT2D eigenvalue weighted by molar-refractivity contribution is -0.115. The Balaban J connectivity index is 2.23. The summed E-state index contributed by atoms with van der Waals surface area (Å²) in [5.74, 6) is 0.702. The van der Waals surface area contributed by atoms with Crippen molar-refractivity contribution >= 4 is 5.78 Å². The van der Waals surface area contributed by atoms with E-state index in [4.69, 9.17) is 0 Å². The van der Waals surface area contributed by atoms with E-state index in [1.165, 1.54) is 0 Å². The Hall–Kier alpha value is -0.630. The number of hydrogen-bond acceptors (Lipinski definition) is 2. The molecule has 2 nitrogen and oxygen atoms in total. The molecule has 0 aromatic heterocycles. The molecule has 12 heavy (non-hydrogen) atoms. The van der Waals surface area contributed by atoms with Gasteiger partial charge in [-0.3, -0.25) is 4.79 Å². The van der Waals surface area contributed by atoms with Crippen molar-refractivity contribution in [3.8, 4) is 0 Å². The number of aliphatic hydroxyl groups is 1. The van der Waals surface area contributed by atoms with Crippen LogP contribution in [0.4, 0.5) is 0 Å². The molecule has 1 fully saturated rings. The fourth-order valence-electron chi connectivity index (χ4n) is 2.26. The van der Waals surface area contributed by atoms with Crippen LogP contribution < -0.4 is 0 Å². The lowest BCUT2D eigenvalue weighted by atomic mass is 9.76. The molecule has 2 atom stereocenters. The maximum absolute atomic E-state index is 11.1. The predicted octanol–water partition coefficient (Wildman–Crippen LogP) is 1.44. The van der Waals surface area contributed by atoms with Crippen LogP contribution >= 0.6 is 0 Å². The maximum Gasteiger partial charge on any atom is 0.155 e. The van der Waals surface area contributed by atoms with Gasteiger partial charge in [0.25, 0.3) is 0 Å². The van der Waals surface area contributed by atoms with Gasteiger partial charge in [-0.15, -0.1) is 0 Å². The van der Waals surface area contributed by atoms with Crippen molar-refractivity contribution in [3.05, 3.63) is 11.6 Å². The van der Waals surface area contributed by atoms with Crippen molar-refractivity contribution in [2.75, 3.05) is 0 Å². The van der Waals surface area contributed by atoms with E-state index >= 15 is 0 Å². The molecular formula is C10H14O2. The highest BCUT2D eigenvalue weighted by Gasteiger charge is 2.29. The highest BCUT2D eigenvalue weighted by molar-refractivity contribution is 5.91. The Morgan fingerprint density at radius 3 is 3.00 bits per heavy atom. The van der Waals surface area contributed by atoms with E-state index in [1.807, 2.05) is 0 Å². The second-order valence-corrected chi connectivity index (χ2v) is 3.79. The standard InChI is InChI=1S/C10H14O2/c11-8-5-4-7-2-1-3-10(12)9(7)6-8/h6-7,10,12H,1-5H2. The Bertz CT molecular complexity index is 230. The summed E-state index contributed by atoms with van der Waals surface area (Å²) in [4.78, 5) is 11.1. The summed E-state index contributed by atoms with van der Waals surface area (Å²) in [6, 6.07) is 0. The zero-order valence-corrected chi connectivity index (χ0v) is 7.12. The van der Waals surface area contributed by atoms with Gasteiger partial charge in [-0.05, 0) is 43.3 Å². The average Bonchev–Trinajstić information content (AvgIpc) is 2.07. The number of allylic oxidation sites excluding steroid dienone is 1. The first-order valence-electron chi connectivity index (χ1n) is 4.70. The molecule has 0 saturated heterocycles. The number of fused-ring (bicyclic) bond motifs is 1. The molecule has 2 unspecified atom stereocenters. The Labute approximate surface area is 72.3 Å². The van der Waals surface area contributed by atoms with Crippen molar-refractivity contribution in [1.82, 2.24) is 0 Å². The number of rotatable bonds is 0. The Morgan fingerprint density at radius 1 is 1.33 bits per heavy atom. The summed E-state index contributed by atoms with van der Waals surface area (Å²) in [5.41, 5.74) is 1.01. The Kier molecular flexibility index (Phi) is 2.01. The molecule has 0 radical (unpaired) electrons. The van der Waals surface area contributed by atoms with Gasteiger partial charge in [0.1, 0.15) is 0 Å². The monoisotopic (exact) mass is 166 g/mol. The fraction of sp³-hybridized carbons (Fsp3) is 0.700. The molecule has 0 aromatic rings. The molecule has 2 aliphatic rings. The van der Waals surface area contributed by atoms with Crippen molar-refractivity contribution in [3.63, 3.8) is 0 Å². The molecule has 2 heteroatoms. The van der Waals surface area contributed by atoms with Gasteiger partial charge < -0.3 is 5.11 Å². The van der Waals surface area contributed by atoms with Gasteiger partial charge in [-0.1, -0.05) is 0 Å². The summed E-state index contributed by atoms with van der Waals surface area (Å²) < 4.78 is 0. The van der Waals surface area contributed by atoms with Crippen LogP contribution in [0.25, 0.3) is 0 Å². The average molecular weight is 166 g/mol. The SMILES string of the molecule is O=C1C=C2C(O)CCCC2CC1. The van der Waals surface area contributed by atoms with Crippen LogP contribution in [0.5, 0.6) is 0 Å². The molecule has 0 bridgehead atoms. The number of hydrogen-bond donors (Lipinski definition) is 1. The molecular weight excluding hydrogens is 152 g/mol. The van der Waals surface area contributed by atoms with Gasteiger partial charge in [-0.2, -0.15) is 0 Å². The topological polar surface area (TPSA) is 37.3 Å². The molecule has 0 heterocycles. The molecule has 0 spiro atoms. The summed E-state index contributed by atoms with van der Waals surface area (Å²) in [6.45, 7) is 0. The smallest absolute Gasteiger partial charge is 0.155 e. The van der Waals surface area contributed by atoms with Crippen molar-refractivity contribution < 1.29 is 9.90 Å². The summed E-state index contributed by atoms with van der Waals surface area (Å²) in [7, 11) is 0. The number of carbonyl (C=O) groups is 1. The zero-order chi connectivity index (χ0) is 8.55. The highest BCUT2D eigenvalue weighted by atomic mass is 16.3. The normalized spacial score (nSPS) is 35.8. The summed E-state index contributed by atoms with van der Waals surface area (Å²) >= 11 is 0. The van der Waals surface area contributed by atoms with Gasteiger partial charge in [0, 0.05) is 6.42 Å². The van der Waals surface area contributed by atoms with Crippen LogP contribution in [-0.2, 0) is 4.79 Å². The van der Waals surface area contributed by atoms with Gasteiger partial charge in [0.05, 0.1) is 6.10 Å². The van der Waals surface area contributed by atoms with Crippen molar-refractivity contribution in [2.45, 2.75) is 38.2 Å². The fourth-order valence-corrected chi connectivity index (χ4v) is 2.26. The van der Waals surface area contributed by atoms with Gasteiger partial charge in [0.15, 0.2) is 5.78 Å². The van der Waals surface area contributed by atoms with Gasteiger partial charge in [0.2, 0.25) is 0 Å². The van der Waals surface area contributed by atoms with Gasteiger partial charge in [-0.25, -0.2) is 0 Å². The second kappa shape index (κ2) is 3.02. The van der Waals surface area contributed by atoms with E-state index in [1.54, 1.807) is 6.08 Å². The van der Waals surface area contributed by atoms with Crippen LogP contribution in [-0.4, -0.2) is 17.0 Å².